The van der Waals surface area contributed by atoms with Crippen molar-refractivity contribution in [3.8, 4) is 0 Å². The SMILES string of the molecule is CCSC(=O)C(C)c1ccc(CCC(NC(=O)OC)C(=O)OCC(Cl)(Cl)Cl)cc1. The van der Waals surface area contributed by atoms with Gasteiger partial charge in [-0.1, -0.05) is 84.7 Å². The monoisotopic (exact) mass is 483 g/mol. The Morgan fingerprint density at radius 1 is 1.17 bits per heavy atom. The second kappa shape index (κ2) is 12.5. The van der Waals surface area contributed by atoms with Crippen molar-refractivity contribution in [3.63, 3.8) is 0 Å². The number of esters is 1. The molecule has 0 fully saturated rings. The van der Waals surface area contributed by atoms with Gasteiger partial charge in [0.1, 0.15) is 12.6 Å². The van der Waals surface area contributed by atoms with E-state index in [1.807, 2.05) is 38.1 Å². The van der Waals surface area contributed by atoms with Crippen molar-refractivity contribution in [1.29, 1.82) is 0 Å². The summed E-state index contributed by atoms with van der Waals surface area (Å²) in [6.45, 7) is 3.37. The van der Waals surface area contributed by atoms with Crippen LogP contribution in [-0.4, -0.2) is 46.5 Å². The number of carbonyl (C=O) groups excluding carboxylic acids is 3. The molecule has 6 nitrogen and oxygen atoms in total. The molecule has 2 unspecified atom stereocenters. The molecule has 0 bridgehead atoms. The van der Waals surface area contributed by atoms with Crippen molar-refractivity contribution in [2.45, 2.75) is 42.4 Å². The number of carbonyl (C=O) groups is 3. The fourth-order valence-electron chi connectivity index (χ4n) is 2.39. The van der Waals surface area contributed by atoms with Crippen LogP contribution in [0.1, 0.15) is 37.3 Å². The molecule has 162 valence electrons. The van der Waals surface area contributed by atoms with Crippen LogP contribution in [0, 0.1) is 0 Å². The van der Waals surface area contributed by atoms with Gasteiger partial charge in [-0.3, -0.25) is 4.79 Å². The Morgan fingerprint density at radius 3 is 2.31 bits per heavy atom. The normalized spacial score (nSPS) is 13.3. The number of alkyl carbamates (subject to hydrolysis) is 1. The minimum Gasteiger partial charge on any atom is -0.460 e. The van der Waals surface area contributed by atoms with Gasteiger partial charge in [0.15, 0.2) is 5.12 Å². The molecule has 1 aromatic rings. The lowest BCUT2D eigenvalue weighted by Gasteiger charge is -2.19. The van der Waals surface area contributed by atoms with E-state index in [1.165, 1.54) is 18.9 Å². The van der Waals surface area contributed by atoms with Crippen molar-refractivity contribution in [3.05, 3.63) is 35.4 Å². The highest BCUT2D eigenvalue weighted by atomic mass is 35.6. The quantitative estimate of drug-likeness (QED) is 0.406. The van der Waals surface area contributed by atoms with E-state index in [0.717, 1.165) is 16.9 Å². The molecule has 0 spiro atoms. The molecule has 0 radical (unpaired) electrons. The summed E-state index contributed by atoms with van der Waals surface area (Å²) in [5, 5.41) is 2.54. The van der Waals surface area contributed by atoms with E-state index >= 15 is 0 Å². The Labute approximate surface area is 189 Å². The van der Waals surface area contributed by atoms with Gasteiger partial charge in [-0.25, -0.2) is 9.59 Å². The first-order valence-electron chi connectivity index (χ1n) is 8.90. The van der Waals surface area contributed by atoms with E-state index in [9.17, 15) is 14.4 Å². The molecule has 0 saturated carbocycles. The van der Waals surface area contributed by atoms with Crippen LogP contribution in [0.5, 0.6) is 0 Å². The van der Waals surface area contributed by atoms with Crippen LogP contribution in [0.4, 0.5) is 4.79 Å². The van der Waals surface area contributed by atoms with Gasteiger partial charge in [-0.05, 0) is 29.7 Å². The maximum Gasteiger partial charge on any atom is 0.407 e. The number of methoxy groups -OCH3 is 1. The smallest absolute Gasteiger partial charge is 0.407 e. The maximum absolute atomic E-state index is 12.2. The van der Waals surface area contributed by atoms with Gasteiger partial charge in [-0.2, -0.15) is 0 Å². The molecular weight excluding hydrogens is 461 g/mol. The van der Waals surface area contributed by atoms with Crippen LogP contribution in [0.3, 0.4) is 0 Å². The van der Waals surface area contributed by atoms with Gasteiger partial charge in [0.05, 0.1) is 13.0 Å². The number of hydrogen-bond acceptors (Lipinski definition) is 6. The third kappa shape index (κ3) is 9.94. The number of rotatable bonds is 9. The van der Waals surface area contributed by atoms with Crippen LogP contribution in [0.2, 0.25) is 0 Å². The first kappa shape index (κ1) is 25.9. The molecule has 1 amide bonds. The highest BCUT2D eigenvalue weighted by molar-refractivity contribution is 8.13. The Hall–Kier alpha value is -1.15. The number of thioether (sulfide) groups is 1. The summed E-state index contributed by atoms with van der Waals surface area (Å²) in [5.74, 6) is -0.182. The zero-order valence-corrected chi connectivity index (χ0v) is 19.5. The third-order valence-corrected chi connectivity index (χ3v) is 5.24. The number of amides is 1. The van der Waals surface area contributed by atoms with Crippen LogP contribution in [0.25, 0.3) is 0 Å². The van der Waals surface area contributed by atoms with Gasteiger partial charge in [0.25, 0.3) is 0 Å². The van der Waals surface area contributed by atoms with Crippen molar-refractivity contribution in [2.24, 2.45) is 0 Å². The van der Waals surface area contributed by atoms with Crippen molar-refractivity contribution >= 4 is 63.7 Å². The lowest BCUT2D eigenvalue weighted by molar-refractivity contribution is -0.146. The molecule has 1 rings (SSSR count). The van der Waals surface area contributed by atoms with E-state index in [1.54, 1.807) is 0 Å². The number of benzene rings is 1. The minimum absolute atomic E-state index is 0.124. The maximum atomic E-state index is 12.2. The van der Waals surface area contributed by atoms with Crippen LogP contribution >= 0.6 is 46.6 Å². The van der Waals surface area contributed by atoms with E-state index in [0.29, 0.717) is 6.42 Å². The summed E-state index contributed by atoms with van der Waals surface area (Å²) < 4.78 is 7.76. The van der Waals surface area contributed by atoms with Crippen molar-refractivity contribution in [2.75, 3.05) is 19.5 Å². The second-order valence-electron chi connectivity index (χ2n) is 6.17. The average molecular weight is 485 g/mol. The second-order valence-corrected chi connectivity index (χ2v) is 9.95. The van der Waals surface area contributed by atoms with Crippen LogP contribution in [-0.2, 0) is 25.5 Å². The van der Waals surface area contributed by atoms with Crippen molar-refractivity contribution < 1.29 is 23.9 Å². The van der Waals surface area contributed by atoms with Gasteiger partial charge >= 0.3 is 12.1 Å². The van der Waals surface area contributed by atoms with Gasteiger partial charge in [0, 0.05) is 0 Å². The van der Waals surface area contributed by atoms with Gasteiger partial charge in [0.2, 0.25) is 3.79 Å². The molecule has 0 aliphatic carbocycles. The molecule has 1 N–H and O–H groups in total. The van der Waals surface area contributed by atoms with Crippen LogP contribution < -0.4 is 5.32 Å². The number of nitrogens with one attached hydrogen (secondary N) is 1. The fourth-order valence-corrected chi connectivity index (χ4v) is 3.23. The number of hydrogen-bond donors (Lipinski definition) is 1. The lowest BCUT2D eigenvalue weighted by atomic mass is 9.98. The first-order valence-corrected chi connectivity index (χ1v) is 11.0. The van der Waals surface area contributed by atoms with Crippen LogP contribution in [0.15, 0.2) is 24.3 Å². The van der Waals surface area contributed by atoms with E-state index in [4.69, 9.17) is 39.5 Å². The fraction of sp³-hybridized carbons (Fsp3) is 0.526. The number of aryl methyl sites for hydroxylation is 1. The average Bonchev–Trinajstić information content (AvgIpc) is 2.68. The topological polar surface area (TPSA) is 81.7 Å². The number of alkyl halides is 3. The summed E-state index contributed by atoms with van der Waals surface area (Å²) in [4.78, 5) is 35.8. The van der Waals surface area contributed by atoms with Crippen molar-refractivity contribution in [1.82, 2.24) is 5.32 Å². The highest BCUT2D eigenvalue weighted by Gasteiger charge is 2.27. The predicted molar refractivity (Wildman–Crippen MR) is 117 cm³/mol. The zero-order chi connectivity index (χ0) is 22.0. The lowest BCUT2D eigenvalue weighted by Crippen LogP contribution is -2.42. The summed E-state index contributed by atoms with van der Waals surface area (Å²) in [6, 6.07) is 6.58. The number of ether oxygens (including phenoxy) is 2. The molecule has 0 aliphatic heterocycles. The predicted octanol–water partition coefficient (Wildman–Crippen LogP) is 4.64. The van der Waals surface area contributed by atoms with E-state index in [-0.39, 0.29) is 17.5 Å². The molecule has 29 heavy (non-hydrogen) atoms. The molecular formula is C19H24Cl3NO5S. The minimum atomic E-state index is -1.74. The Morgan fingerprint density at radius 2 is 1.79 bits per heavy atom. The summed E-state index contributed by atoms with van der Waals surface area (Å²) >= 11 is 18.1. The Balaban J connectivity index is 2.73. The molecule has 0 saturated heterocycles. The summed E-state index contributed by atoms with van der Waals surface area (Å²) in [7, 11) is 1.19. The number of halogens is 3. The van der Waals surface area contributed by atoms with Gasteiger partial charge < -0.3 is 14.8 Å². The zero-order valence-electron chi connectivity index (χ0n) is 16.4. The molecule has 0 aromatic heterocycles. The van der Waals surface area contributed by atoms with E-state index < -0.39 is 28.5 Å². The standard InChI is InChI=1S/C19H24Cl3NO5S/c1-4-29-17(25)12(2)14-8-5-13(6-9-14)7-10-15(23-18(26)27-3)16(24)28-11-19(20,21)22/h5-6,8-9,12,15H,4,7,10-11H2,1-3H3,(H,23,26). The Bertz CT molecular complexity index is 694. The first-order chi connectivity index (χ1) is 13.6. The largest absolute Gasteiger partial charge is 0.460 e. The summed E-state index contributed by atoms with van der Waals surface area (Å²) in [5.41, 5.74) is 1.86. The molecule has 0 heterocycles. The molecule has 1 aromatic carbocycles. The summed E-state index contributed by atoms with van der Waals surface area (Å²) in [6.07, 6.45) is -0.0334. The Kier molecular flexibility index (Phi) is 11.2. The van der Waals surface area contributed by atoms with Gasteiger partial charge in [-0.15, -0.1) is 0 Å². The van der Waals surface area contributed by atoms with E-state index in [2.05, 4.69) is 10.1 Å². The molecule has 0 aliphatic rings. The molecule has 10 heteroatoms. The highest BCUT2D eigenvalue weighted by Crippen LogP contribution is 2.26. The molecule has 2 atom stereocenters. The third-order valence-electron chi connectivity index (χ3n) is 3.98.